The van der Waals surface area contributed by atoms with E-state index in [4.69, 9.17) is 4.74 Å². The average Bonchev–Trinajstić information content (AvgIpc) is 2.75. The Bertz CT molecular complexity index is 1120. The highest BCUT2D eigenvalue weighted by Gasteiger charge is 2.12. The van der Waals surface area contributed by atoms with Crippen molar-refractivity contribution in [1.29, 1.82) is 0 Å². The molecule has 0 aliphatic heterocycles. The summed E-state index contributed by atoms with van der Waals surface area (Å²) < 4.78 is 6.99. The molecule has 2 aromatic heterocycles. The van der Waals surface area contributed by atoms with Crippen molar-refractivity contribution < 1.29 is 4.74 Å². The van der Waals surface area contributed by atoms with Crippen LogP contribution < -0.4 is 10.3 Å². The van der Waals surface area contributed by atoms with Crippen molar-refractivity contribution in [3.8, 4) is 33.8 Å². The second-order valence-electron chi connectivity index (χ2n) is 6.10. The first-order chi connectivity index (χ1) is 13.3. The highest BCUT2D eigenvalue weighted by molar-refractivity contribution is 5.71. The summed E-state index contributed by atoms with van der Waals surface area (Å²) in [5.74, 6) is 0.710. The van der Waals surface area contributed by atoms with Gasteiger partial charge in [0.15, 0.2) is 0 Å². The zero-order valence-electron chi connectivity index (χ0n) is 14.9. The molecule has 0 amide bonds. The Morgan fingerprint density at radius 1 is 0.852 bits per heavy atom. The van der Waals surface area contributed by atoms with Crippen molar-refractivity contribution in [1.82, 2.24) is 9.55 Å². The number of rotatable bonds is 4. The van der Waals surface area contributed by atoms with Crippen LogP contribution in [0.25, 0.3) is 28.1 Å². The van der Waals surface area contributed by atoms with Gasteiger partial charge in [-0.15, -0.1) is 0 Å². The quantitative estimate of drug-likeness (QED) is 0.539. The normalized spacial score (nSPS) is 10.6. The lowest BCUT2D eigenvalue weighted by Gasteiger charge is -2.12. The minimum atomic E-state index is -0.0888. The minimum Gasteiger partial charge on any atom is -0.497 e. The van der Waals surface area contributed by atoms with Crippen molar-refractivity contribution in [2.45, 2.75) is 0 Å². The minimum absolute atomic E-state index is 0.0888. The first kappa shape index (κ1) is 16.8. The van der Waals surface area contributed by atoms with Gasteiger partial charge in [0.2, 0.25) is 0 Å². The van der Waals surface area contributed by atoms with Crippen molar-refractivity contribution >= 4 is 0 Å². The molecule has 0 aliphatic carbocycles. The van der Waals surface area contributed by atoms with Gasteiger partial charge in [-0.25, -0.2) is 0 Å². The number of methoxy groups -OCH3 is 1. The van der Waals surface area contributed by atoms with E-state index in [1.165, 1.54) is 0 Å². The van der Waals surface area contributed by atoms with Gasteiger partial charge in [0.25, 0.3) is 5.56 Å². The maximum absolute atomic E-state index is 13.3. The molecular weight excluding hydrogens is 336 g/mol. The van der Waals surface area contributed by atoms with Crippen molar-refractivity contribution in [3.63, 3.8) is 0 Å². The van der Waals surface area contributed by atoms with Crippen LogP contribution in [0.4, 0.5) is 0 Å². The van der Waals surface area contributed by atoms with Crippen molar-refractivity contribution in [2.24, 2.45) is 0 Å². The summed E-state index contributed by atoms with van der Waals surface area (Å²) in [7, 11) is 1.62. The second kappa shape index (κ2) is 7.30. The lowest BCUT2D eigenvalue weighted by atomic mass is 10.0. The van der Waals surface area contributed by atoms with Crippen LogP contribution in [0, 0.1) is 0 Å². The smallest absolute Gasteiger partial charge is 0.262 e. The number of aromatic nitrogens is 2. The summed E-state index contributed by atoms with van der Waals surface area (Å²) in [5, 5.41) is 0. The summed E-state index contributed by atoms with van der Waals surface area (Å²) in [6, 6.07) is 24.8. The molecule has 0 aliphatic rings. The molecule has 27 heavy (non-hydrogen) atoms. The molecule has 0 saturated heterocycles. The van der Waals surface area contributed by atoms with E-state index in [0.29, 0.717) is 11.3 Å². The number of benzene rings is 2. The average molecular weight is 354 g/mol. The van der Waals surface area contributed by atoms with Gasteiger partial charge in [0.1, 0.15) is 5.75 Å². The van der Waals surface area contributed by atoms with Crippen LogP contribution in [-0.4, -0.2) is 16.7 Å². The lowest BCUT2D eigenvalue weighted by Crippen LogP contribution is -2.20. The summed E-state index contributed by atoms with van der Waals surface area (Å²) in [6.45, 7) is 0. The van der Waals surface area contributed by atoms with E-state index in [0.717, 1.165) is 22.5 Å². The molecule has 4 heteroatoms. The van der Waals surface area contributed by atoms with Crippen LogP contribution in [0.15, 0.2) is 96.1 Å². The SMILES string of the molecule is COc1cccc(-c2cc(-c3ccccn3)cn(-c3ccccc3)c2=O)c1. The number of hydrogen-bond donors (Lipinski definition) is 0. The van der Waals surface area contributed by atoms with Gasteiger partial charge in [0.05, 0.1) is 12.8 Å². The van der Waals surface area contributed by atoms with Crippen LogP contribution in [0.1, 0.15) is 0 Å². The second-order valence-corrected chi connectivity index (χ2v) is 6.10. The summed E-state index contributed by atoms with van der Waals surface area (Å²) >= 11 is 0. The number of ether oxygens (including phenoxy) is 1. The van der Waals surface area contributed by atoms with Gasteiger partial charge < -0.3 is 4.74 Å². The molecule has 0 N–H and O–H groups in total. The number of nitrogens with zero attached hydrogens (tertiary/aromatic N) is 2. The first-order valence-electron chi connectivity index (χ1n) is 8.64. The van der Waals surface area contributed by atoms with Gasteiger partial charge >= 0.3 is 0 Å². The third-order valence-corrected chi connectivity index (χ3v) is 4.39. The van der Waals surface area contributed by atoms with Gasteiger partial charge in [-0.2, -0.15) is 0 Å². The summed E-state index contributed by atoms with van der Waals surface area (Å²) in [6.07, 6.45) is 3.59. The van der Waals surface area contributed by atoms with Crippen LogP contribution in [0.5, 0.6) is 5.75 Å². The molecule has 4 nitrogen and oxygen atoms in total. The molecule has 2 aromatic carbocycles. The molecule has 0 fully saturated rings. The van der Waals surface area contributed by atoms with Gasteiger partial charge in [-0.3, -0.25) is 14.3 Å². The van der Waals surface area contributed by atoms with Gasteiger partial charge in [0, 0.05) is 29.2 Å². The number of hydrogen-bond acceptors (Lipinski definition) is 3. The Balaban J connectivity index is 1.99. The van der Waals surface area contributed by atoms with E-state index < -0.39 is 0 Å². The molecule has 132 valence electrons. The Kier molecular flexibility index (Phi) is 4.54. The maximum Gasteiger partial charge on any atom is 0.262 e. The van der Waals surface area contributed by atoms with E-state index in [9.17, 15) is 4.79 Å². The van der Waals surface area contributed by atoms with Crippen LogP contribution in [0.2, 0.25) is 0 Å². The fourth-order valence-corrected chi connectivity index (χ4v) is 3.03. The molecule has 0 spiro atoms. The zero-order valence-corrected chi connectivity index (χ0v) is 14.9. The van der Waals surface area contributed by atoms with E-state index in [2.05, 4.69) is 4.98 Å². The molecule has 4 aromatic rings. The summed E-state index contributed by atoms with van der Waals surface area (Å²) in [4.78, 5) is 17.7. The predicted molar refractivity (Wildman–Crippen MR) is 107 cm³/mol. The molecule has 0 bridgehead atoms. The fraction of sp³-hybridized carbons (Fsp3) is 0.0435. The molecule has 0 saturated carbocycles. The monoisotopic (exact) mass is 354 g/mol. The first-order valence-corrected chi connectivity index (χ1v) is 8.64. The number of para-hydroxylation sites is 1. The molecule has 2 heterocycles. The van der Waals surface area contributed by atoms with Gasteiger partial charge in [-0.1, -0.05) is 36.4 Å². The summed E-state index contributed by atoms with van der Waals surface area (Å²) in [5.41, 5.74) is 3.81. The number of pyridine rings is 2. The maximum atomic E-state index is 13.3. The van der Waals surface area contributed by atoms with Gasteiger partial charge in [-0.05, 0) is 48.0 Å². The fourth-order valence-electron chi connectivity index (χ4n) is 3.03. The lowest BCUT2D eigenvalue weighted by molar-refractivity contribution is 0.415. The van der Waals surface area contributed by atoms with Crippen LogP contribution in [-0.2, 0) is 0 Å². The molecule has 0 unspecified atom stereocenters. The third-order valence-electron chi connectivity index (χ3n) is 4.39. The molecule has 0 radical (unpaired) electrons. The predicted octanol–water partition coefficient (Wildman–Crippen LogP) is 4.58. The largest absolute Gasteiger partial charge is 0.497 e. The Morgan fingerprint density at radius 3 is 2.41 bits per heavy atom. The topological polar surface area (TPSA) is 44.1 Å². The highest BCUT2D eigenvalue weighted by atomic mass is 16.5. The van der Waals surface area contributed by atoms with E-state index >= 15 is 0 Å². The van der Waals surface area contributed by atoms with Crippen LogP contribution in [0.3, 0.4) is 0 Å². The van der Waals surface area contributed by atoms with Crippen molar-refractivity contribution in [3.05, 3.63) is 102 Å². The standard InChI is InChI=1S/C23H18N2O2/c1-27-20-11-7-8-17(14-20)21-15-18(22-12-5-6-13-24-22)16-25(23(21)26)19-9-3-2-4-10-19/h2-16H,1H3. The third kappa shape index (κ3) is 3.37. The Morgan fingerprint density at radius 2 is 1.67 bits per heavy atom. The zero-order chi connectivity index (χ0) is 18.6. The van der Waals surface area contributed by atoms with E-state index in [-0.39, 0.29) is 5.56 Å². The Hall–Kier alpha value is -3.66. The Labute approximate surface area is 157 Å². The molecule has 4 rings (SSSR count). The van der Waals surface area contributed by atoms with E-state index in [1.54, 1.807) is 17.9 Å². The van der Waals surface area contributed by atoms with Crippen molar-refractivity contribution in [2.75, 3.05) is 7.11 Å². The highest BCUT2D eigenvalue weighted by Crippen LogP contribution is 2.26. The molecular formula is C23H18N2O2. The van der Waals surface area contributed by atoms with Crippen LogP contribution >= 0.6 is 0 Å². The van der Waals surface area contributed by atoms with E-state index in [1.807, 2.05) is 85.1 Å². The molecule has 0 atom stereocenters.